The van der Waals surface area contributed by atoms with Crippen molar-refractivity contribution in [2.75, 3.05) is 11.1 Å². The van der Waals surface area contributed by atoms with Gasteiger partial charge < -0.3 is 14.6 Å². The number of anilines is 1. The number of halogens is 2. The molecule has 2 amide bonds. The number of nitrogens with zero attached hydrogens (tertiary/aromatic N) is 1. The number of hydrogen-bond donors (Lipinski definition) is 1. The highest BCUT2D eigenvalue weighted by Crippen LogP contribution is 2.39. The lowest BCUT2D eigenvalue weighted by Crippen LogP contribution is -2.27. The van der Waals surface area contributed by atoms with Crippen LogP contribution in [-0.4, -0.2) is 22.5 Å². The summed E-state index contributed by atoms with van der Waals surface area (Å²) < 4.78 is 18.6. The molecule has 0 saturated carbocycles. The maximum absolute atomic E-state index is 13.2. The average molecular weight is 431 g/mol. The molecular weight excluding hydrogens is 415 g/mol. The Morgan fingerprint density at radius 1 is 1.24 bits per heavy atom. The Morgan fingerprint density at radius 3 is 2.72 bits per heavy atom. The van der Waals surface area contributed by atoms with Gasteiger partial charge in [-0.25, -0.2) is 4.39 Å². The number of hydrogen-bond acceptors (Lipinski definition) is 4. The third-order valence-electron chi connectivity index (χ3n) is 4.51. The zero-order valence-corrected chi connectivity index (χ0v) is 16.7. The van der Waals surface area contributed by atoms with Crippen molar-refractivity contribution < 1.29 is 18.4 Å². The fourth-order valence-electron chi connectivity index (χ4n) is 3.05. The smallest absolute Gasteiger partial charge is 0.255 e. The maximum Gasteiger partial charge on any atom is 0.255 e. The fraction of sp³-hybridized carbons (Fsp3) is 0.143. The van der Waals surface area contributed by atoms with Gasteiger partial charge in [-0.2, -0.15) is 0 Å². The summed E-state index contributed by atoms with van der Waals surface area (Å²) in [5.74, 6) is 0.295. The van der Waals surface area contributed by atoms with E-state index in [1.54, 1.807) is 29.4 Å². The van der Waals surface area contributed by atoms with Crippen LogP contribution in [0.25, 0.3) is 0 Å². The normalized spacial score (nSPS) is 16.3. The van der Waals surface area contributed by atoms with E-state index in [1.807, 2.05) is 18.2 Å². The Bertz CT molecular complexity index is 1040. The van der Waals surface area contributed by atoms with Crippen molar-refractivity contribution in [1.29, 1.82) is 0 Å². The molecule has 0 spiro atoms. The molecule has 1 N–H and O–H groups in total. The minimum atomic E-state index is -0.545. The van der Waals surface area contributed by atoms with Crippen LogP contribution in [0.4, 0.5) is 10.1 Å². The number of rotatable bonds is 5. The predicted molar refractivity (Wildman–Crippen MR) is 110 cm³/mol. The van der Waals surface area contributed by atoms with Crippen LogP contribution in [0.2, 0.25) is 5.02 Å². The molecule has 1 aliphatic rings. The quantitative estimate of drug-likeness (QED) is 0.611. The zero-order chi connectivity index (χ0) is 20.4. The van der Waals surface area contributed by atoms with Crippen LogP contribution in [0.15, 0.2) is 65.3 Å². The molecule has 148 valence electrons. The van der Waals surface area contributed by atoms with E-state index in [0.29, 0.717) is 23.5 Å². The Labute approximate surface area is 175 Å². The van der Waals surface area contributed by atoms with Gasteiger partial charge in [0, 0.05) is 11.3 Å². The third-order valence-corrected chi connectivity index (χ3v) is 6.06. The van der Waals surface area contributed by atoms with Crippen LogP contribution in [0.3, 0.4) is 0 Å². The number of benzene rings is 2. The first-order valence-electron chi connectivity index (χ1n) is 8.81. The van der Waals surface area contributed by atoms with Crippen molar-refractivity contribution in [1.82, 2.24) is 4.90 Å². The van der Waals surface area contributed by atoms with Gasteiger partial charge in [0.1, 0.15) is 17.0 Å². The molecule has 1 aliphatic heterocycles. The highest BCUT2D eigenvalue weighted by molar-refractivity contribution is 8.00. The zero-order valence-electron chi connectivity index (χ0n) is 15.1. The van der Waals surface area contributed by atoms with Crippen LogP contribution < -0.4 is 5.32 Å². The van der Waals surface area contributed by atoms with Gasteiger partial charge in [0.15, 0.2) is 0 Å². The molecule has 0 bridgehead atoms. The second-order valence-corrected chi connectivity index (χ2v) is 7.95. The number of thioether (sulfide) groups is 1. The average Bonchev–Trinajstić information content (AvgIpc) is 3.36. The molecule has 29 heavy (non-hydrogen) atoms. The second kappa shape index (κ2) is 8.31. The second-order valence-electron chi connectivity index (χ2n) is 6.47. The minimum Gasteiger partial charge on any atom is -0.467 e. The Kier molecular flexibility index (Phi) is 5.60. The standard InChI is InChI=1S/C21H16ClFN2O3S/c22-17-10-15(7-8-18(17)23)24-20(27)13-3-5-14(6-4-13)21-25(19(26)12-29-21)11-16-2-1-9-28-16/h1-10,21H,11-12H2,(H,24,27)/t21-/m1/s1. The summed E-state index contributed by atoms with van der Waals surface area (Å²) in [7, 11) is 0. The molecule has 0 unspecified atom stereocenters. The first-order chi connectivity index (χ1) is 14.0. The summed E-state index contributed by atoms with van der Waals surface area (Å²) in [6.45, 7) is 0.400. The van der Waals surface area contributed by atoms with Gasteiger partial charge in [0.05, 0.1) is 23.6 Å². The van der Waals surface area contributed by atoms with Crippen molar-refractivity contribution in [2.24, 2.45) is 0 Å². The van der Waals surface area contributed by atoms with Gasteiger partial charge >= 0.3 is 0 Å². The summed E-state index contributed by atoms with van der Waals surface area (Å²) in [4.78, 5) is 26.5. The summed E-state index contributed by atoms with van der Waals surface area (Å²) in [6, 6.07) is 14.7. The lowest BCUT2D eigenvalue weighted by Gasteiger charge is -2.23. The van der Waals surface area contributed by atoms with E-state index < -0.39 is 5.82 Å². The van der Waals surface area contributed by atoms with Crippen molar-refractivity contribution in [3.63, 3.8) is 0 Å². The van der Waals surface area contributed by atoms with E-state index >= 15 is 0 Å². The number of furan rings is 1. The monoisotopic (exact) mass is 430 g/mol. The number of carbonyl (C=O) groups is 2. The van der Waals surface area contributed by atoms with E-state index in [-0.39, 0.29) is 22.2 Å². The van der Waals surface area contributed by atoms with Gasteiger partial charge in [0.2, 0.25) is 5.91 Å². The summed E-state index contributed by atoms with van der Waals surface area (Å²) >= 11 is 7.28. The summed E-state index contributed by atoms with van der Waals surface area (Å²) in [5.41, 5.74) is 1.78. The SMILES string of the molecule is O=C(Nc1ccc(F)c(Cl)c1)c1ccc([C@H]2SCC(=O)N2Cc2ccco2)cc1. The highest BCUT2D eigenvalue weighted by atomic mass is 35.5. The summed E-state index contributed by atoms with van der Waals surface area (Å²) in [6.07, 6.45) is 1.58. The molecule has 1 atom stereocenters. The molecule has 1 aromatic heterocycles. The van der Waals surface area contributed by atoms with Crippen LogP contribution in [0, 0.1) is 5.82 Å². The van der Waals surface area contributed by atoms with Gasteiger partial charge in [-0.1, -0.05) is 23.7 Å². The first kappa shape index (κ1) is 19.5. The van der Waals surface area contributed by atoms with E-state index in [9.17, 15) is 14.0 Å². The molecule has 8 heteroatoms. The number of amides is 2. The van der Waals surface area contributed by atoms with Gasteiger partial charge in [0.25, 0.3) is 5.91 Å². The van der Waals surface area contributed by atoms with Gasteiger partial charge in [-0.3, -0.25) is 9.59 Å². The van der Waals surface area contributed by atoms with Crippen LogP contribution in [-0.2, 0) is 11.3 Å². The van der Waals surface area contributed by atoms with Crippen LogP contribution >= 0.6 is 23.4 Å². The molecule has 2 aromatic carbocycles. The van der Waals surface area contributed by atoms with E-state index in [4.69, 9.17) is 16.0 Å². The number of carbonyl (C=O) groups excluding carboxylic acids is 2. The molecular formula is C21H16ClFN2O3S. The lowest BCUT2D eigenvalue weighted by atomic mass is 10.1. The van der Waals surface area contributed by atoms with E-state index in [0.717, 1.165) is 11.3 Å². The third kappa shape index (κ3) is 4.31. The minimum absolute atomic E-state index is 0.0476. The Hall–Kier alpha value is -2.77. The fourth-order valence-corrected chi connectivity index (χ4v) is 4.42. The van der Waals surface area contributed by atoms with Crippen molar-refractivity contribution >= 4 is 40.9 Å². The lowest BCUT2D eigenvalue weighted by molar-refractivity contribution is -0.128. The van der Waals surface area contributed by atoms with Crippen LogP contribution in [0.5, 0.6) is 0 Å². The van der Waals surface area contributed by atoms with Crippen LogP contribution in [0.1, 0.15) is 27.1 Å². The molecule has 2 heterocycles. The molecule has 0 radical (unpaired) electrons. The summed E-state index contributed by atoms with van der Waals surface area (Å²) in [5, 5.41) is 2.49. The van der Waals surface area contributed by atoms with Crippen molar-refractivity contribution in [3.05, 3.63) is 88.6 Å². The van der Waals surface area contributed by atoms with E-state index in [2.05, 4.69) is 5.32 Å². The van der Waals surface area contributed by atoms with Gasteiger partial charge in [-0.15, -0.1) is 11.8 Å². The molecule has 1 fully saturated rings. The first-order valence-corrected chi connectivity index (χ1v) is 10.2. The largest absolute Gasteiger partial charge is 0.467 e. The molecule has 3 aromatic rings. The highest BCUT2D eigenvalue weighted by Gasteiger charge is 2.33. The maximum atomic E-state index is 13.2. The molecule has 5 nitrogen and oxygen atoms in total. The molecule has 4 rings (SSSR count). The topological polar surface area (TPSA) is 62.6 Å². The number of nitrogens with one attached hydrogen (secondary N) is 1. The Morgan fingerprint density at radius 2 is 2.03 bits per heavy atom. The Balaban J connectivity index is 1.47. The van der Waals surface area contributed by atoms with Crippen molar-refractivity contribution in [3.8, 4) is 0 Å². The van der Waals surface area contributed by atoms with E-state index in [1.165, 1.54) is 30.0 Å². The predicted octanol–water partition coefficient (Wildman–Crippen LogP) is 5.10. The van der Waals surface area contributed by atoms with Crippen molar-refractivity contribution in [2.45, 2.75) is 11.9 Å². The molecule has 1 saturated heterocycles. The van der Waals surface area contributed by atoms with Gasteiger partial charge in [-0.05, 0) is 48.0 Å². The molecule has 0 aliphatic carbocycles.